The smallest absolute Gasteiger partial charge is 0.123 e. The van der Waals surface area contributed by atoms with E-state index in [0.717, 1.165) is 17.1 Å². The first kappa shape index (κ1) is 17.5. The van der Waals surface area contributed by atoms with Crippen LogP contribution in [0.4, 0.5) is 0 Å². The van der Waals surface area contributed by atoms with Crippen LogP contribution in [0.2, 0.25) is 0 Å². The standard InChI is InChI=1S/C22H29OP/c1-15-9-16(2)12-19(11-15)24(22-8-6-5-7-21(22)23)20-13-17(3)10-18(4)14-20/h5-9,11-12,17-18,20,23H,10,13-14H2,1-4H3/t17-,18+,20?,24?. The van der Waals surface area contributed by atoms with Gasteiger partial charge in [-0.2, -0.15) is 0 Å². The fraction of sp³-hybridized carbons (Fsp3) is 0.455. The van der Waals surface area contributed by atoms with E-state index in [1.165, 1.54) is 35.7 Å². The van der Waals surface area contributed by atoms with E-state index in [4.69, 9.17) is 0 Å². The van der Waals surface area contributed by atoms with Gasteiger partial charge in [0.05, 0.1) is 0 Å². The highest BCUT2D eigenvalue weighted by molar-refractivity contribution is 7.73. The zero-order chi connectivity index (χ0) is 17.3. The Labute approximate surface area is 147 Å². The van der Waals surface area contributed by atoms with Crippen LogP contribution in [0.25, 0.3) is 0 Å². The summed E-state index contributed by atoms with van der Waals surface area (Å²) in [6.45, 7) is 9.15. The highest BCUT2D eigenvalue weighted by atomic mass is 31.1. The van der Waals surface area contributed by atoms with Crippen molar-refractivity contribution in [2.24, 2.45) is 11.8 Å². The van der Waals surface area contributed by atoms with Crippen LogP contribution in [0.3, 0.4) is 0 Å². The third kappa shape index (κ3) is 3.83. The van der Waals surface area contributed by atoms with Gasteiger partial charge in [0.1, 0.15) is 5.75 Å². The summed E-state index contributed by atoms with van der Waals surface area (Å²) < 4.78 is 0. The molecule has 0 heterocycles. The van der Waals surface area contributed by atoms with Crippen LogP contribution in [0, 0.1) is 25.7 Å². The SMILES string of the molecule is Cc1cc(C)cc(P(c2ccccc2O)C2C[C@@H](C)C[C@@H](C)C2)c1. The van der Waals surface area contributed by atoms with Crippen molar-refractivity contribution in [3.8, 4) is 5.75 Å². The van der Waals surface area contributed by atoms with Crippen LogP contribution in [0.1, 0.15) is 44.2 Å². The minimum Gasteiger partial charge on any atom is -0.507 e. The summed E-state index contributed by atoms with van der Waals surface area (Å²) in [5, 5.41) is 13.1. The van der Waals surface area contributed by atoms with Crippen molar-refractivity contribution >= 4 is 18.5 Å². The predicted molar refractivity (Wildman–Crippen MR) is 106 cm³/mol. The summed E-state index contributed by atoms with van der Waals surface area (Å²) in [7, 11) is -0.526. The molecule has 0 aliphatic heterocycles. The molecule has 2 aromatic rings. The maximum atomic E-state index is 10.6. The average molecular weight is 340 g/mol. The lowest BCUT2D eigenvalue weighted by molar-refractivity contribution is 0.307. The largest absolute Gasteiger partial charge is 0.507 e. The molecular formula is C22H29OP. The number of para-hydroxylation sites is 1. The third-order valence-electron chi connectivity index (χ3n) is 5.14. The van der Waals surface area contributed by atoms with Gasteiger partial charge in [0.15, 0.2) is 0 Å². The molecule has 1 saturated carbocycles. The number of aromatic hydroxyl groups is 1. The number of rotatable bonds is 3. The molecule has 0 radical (unpaired) electrons. The monoisotopic (exact) mass is 340 g/mol. The van der Waals surface area contributed by atoms with E-state index in [1.54, 1.807) is 0 Å². The molecule has 24 heavy (non-hydrogen) atoms. The van der Waals surface area contributed by atoms with Crippen molar-refractivity contribution in [3.05, 3.63) is 53.6 Å². The first-order valence-corrected chi connectivity index (χ1v) is 10.5. The lowest BCUT2D eigenvalue weighted by atomic mass is 9.83. The summed E-state index contributed by atoms with van der Waals surface area (Å²) in [5.41, 5.74) is 3.31. The highest BCUT2D eigenvalue weighted by Crippen LogP contribution is 2.50. The van der Waals surface area contributed by atoms with Crippen molar-refractivity contribution in [3.63, 3.8) is 0 Å². The fourth-order valence-electron chi connectivity index (χ4n) is 4.42. The number of hydrogen-bond donors (Lipinski definition) is 1. The Hall–Kier alpha value is -1.33. The van der Waals surface area contributed by atoms with Crippen molar-refractivity contribution in [1.82, 2.24) is 0 Å². The second-order valence-corrected chi connectivity index (χ2v) is 10.2. The zero-order valence-electron chi connectivity index (χ0n) is 15.3. The molecule has 1 fully saturated rings. The van der Waals surface area contributed by atoms with E-state index in [9.17, 15) is 5.11 Å². The molecule has 0 spiro atoms. The Morgan fingerprint density at radius 2 is 1.46 bits per heavy atom. The van der Waals surface area contributed by atoms with Gasteiger partial charge in [-0.05, 0) is 69.9 Å². The summed E-state index contributed by atoms with van der Waals surface area (Å²) >= 11 is 0. The average Bonchev–Trinajstić information content (AvgIpc) is 2.47. The Morgan fingerprint density at radius 1 is 0.875 bits per heavy atom. The first-order valence-electron chi connectivity index (χ1n) is 9.09. The summed E-state index contributed by atoms with van der Waals surface area (Å²) in [5.74, 6) is 2.02. The predicted octanol–water partition coefficient (Wildman–Crippen LogP) is 5.27. The molecule has 0 saturated heterocycles. The number of benzene rings is 2. The van der Waals surface area contributed by atoms with Crippen LogP contribution in [-0.4, -0.2) is 10.8 Å². The second kappa shape index (κ2) is 7.28. The molecule has 0 amide bonds. The van der Waals surface area contributed by atoms with Gasteiger partial charge in [-0.1, -0.05) is 61.4 Å². The maximum Gasteiger partial charge on any atom is 0.123 e. The summed E-state index contributed by atoms with van der Waals surface area (Å²) in [6, 6.07) is 14.9. The first-order chi connectivity index (χ1) is 11.4. The number of aryl methyl sites for hydroxylation is 2. The lowest BCUT2D eigenvalue weighted by Gasteiger charge is -2.37. The van der Waals surface area contributed by atoms with Gasteiger partial charge in [0, 0.05) is 5.30 Å². The molecule has 2 heteroatoms. The maximum absolute atomic E-state index is 10.6. The van der Waals surface area contributed by atoms with Gasteiger partial charge in [-0.15, -0.1) is 0 Å². The molecule has 0 aromatic heterocycles. The van der Waals surface area contributed by atoms with Crippen LogP contribution in [-0.2, 0) is 0 Å². The molecule has 4 atom stereocenters. The van der Waals surface area contributed by atoms with Crippen LogP contribution in [0.15, 0.2) is 42.5 Å². The van der Waals surface area contributed by atoms with E-state index in [2.05, 4.69) is 58.0 Å². The van der Waals surface area contributed by atoms with E-state index < -0.39 is 7.92 Å². The van der Waals surface area contributed by atoms with Crippen molar-refractivity contribution in [2.75, 3.05) is 0 Å². The molecular weight excluding hydrogens is 311 g/mol. The Balaban J connectivity index is 2.09. The molecule has 128 valence electrons. The van der Waals surface area contributed by atoms with Gasteiger partial charge in [-0.25, -0.2) is 0 Å². The minimum absolute atomic E-state index is 0.466. The quantitative estimate of drug-likeness (QED) is 0.755. The number of hydrogen-bond acceptors (Lipinski definition) is 1. The second-order valence-electron chi connectivity index (χ2n) is 7.78. The molecule has 1 nitrogen and oxygen atoms in total. The van der Waals surface area contributed by atoms with E-state index in [1.807, 2.05) is 12.1 Å². The fourth-order valence-corrected chi connectivity index (χ4v) is 7.91. The van der Waals surface area contributed by atoms with Gasteiger partial charge < -0.3 is 5.11 Å². The van der Waals surface area contributed by atoms with Gasteiger partial charge in [-0.3, -0.25) is 0 Å². The summed E-state index contributed by atoms with van der Waals surface area (Å²) in [4.78, 5) is 0. The Morgan fingerprint density at radius 3 is 2.04 bits per heavy atom. The molecule has 1 aliphatic rings. The van der Waals surface area contributed by atoms with Crippen LogP contribution >= 0.6 is 7.92 Å². The topological polar surface area (TPSA) is 20.2 Å². The third-order valence-corrected chi connectivity index (χ3v) is 8.01. The Bertz CT molecular complexity index is 679. The van der Waals surface area contributed by atoms with Gasteiger partial charge >= 0.3 is 0 Å². The molecule has 3 rings (SSSR count). The molecule has 0 bridgehead atoms. The van der Waals surface area contributed by atoms with Crippen LogP contribution < -0.4 is 10.6 Å². The molecule has 2 unspecified atom stereocenters. The van der Waals surface area contributed by atoms with E-state index in [0.29, 0.717) is 11.4 Å². The van der Waals surface area contributed by atoms with Crippen molar-refractivity contribution < 1.29 is 5.11 Å². The van der Waals surface area contributed by atoms with E-state index in [-0.39, 0.29) is 0 Å². The van der Waals surface area contributed by atoms with Gasteiger partial charge in [0.25, 0.3) is 0 Å². The summed E-state index contributed by atoms with van der Waals surface area (Å²) in [6.07, 6.45) is 3.89. The lowest BCUT2D eigenvalue weighted by Crippen LogP contribution is -2.29. The van der Waals surface area contributed by atoms with Crippen molar-refractivity contribution in [2.45, 2.75) is 52.6 Å². The van der Waals surface area contributed by atoms with Crippen LogP contribution in [0.5, 0.6) is 5.75 Å². The van der Waals surface area contributed by atoms with Gasteiger partial charge in [0.2, 0.25) is 0 Å². The minimum atomic E-state index is -0.526. The number of phenolic OH excluding ortho intramolecular Hbond substituents is 1. The normalized spacial score (nSPS) is 25.4. The molecule has 1 aliphatic carbocycles. The Kier molecular flexibility index (Phi) is 5.30. The van der Waals surface area contributed by atoms with E-state index >= 15 is 0 Å². The number of phenols is 1. The van der Waals surface area contributed by atoms with Crippen molar-refractivity contribution in [1.29, 1.82) is 0 Å². The zero-order valence-corrected chi connectivity index (χ0v) is 16.2. The molecule has 1 N–H and O–H groups in total. The highest BCUT2D eigenvalue weighted by Gasteiger charge is 2.33. The molecule has 2 aromatic carbocycles.